The Hall–Kier alpha value is -3.24. The number of fused-ring (bicyclic) bond motifs is 1. The Morgan fingerprint density at radius 1 is 1.05 bits per heavy atom. The molecule has 1 aromatic heterocycles. The van der Waals surface area contributed by atoms with Crippen molar-refractivity contribution in [1.82, 2.24) is 14.4 Å². The number of likely N-dealkylation sites (tertiary alicyclic amines) is 1. The molecule has 0 saturated carbocycles. The first kappa shape index (κ1) is 31.7. The monoisotopic (exact) mass is 585 g/mol. The van der Waals surface area contributed by atoms with E-state index in [9.17, 15) is 24.9 Å². The summed E-state index contributed by atoms with van der Waals surface area (Å²) in [6.45, 7) is 5.99. The van der Waals surface area contributed by atoms with Gasteiger partial charge >= 0.3 is 5.97 Å². The molecule has 2 aliphatic heterocycles. The highest BCUT2D eigenvalue weighted by Crippen LogP contribution is 2.41. The number of hydrogen-bond donors (Lipinski definition) is 3. The lowest BCUT2D eigenvalue weighted by Gasteiger charge is -2.30. The summed E-state index contributed by atoms with van der Waals surface area (Å²) in [6.07, 6.45) is 5.03. The van der Waals surface area contributed by atoms with Crippen molar-refractivity contribution in [1.29, 1.82) is 0 Å². The number of carbonyl (C=O) groups is 2. The minimum atomic E-state index is -0.902. The molecule has 0 bridgehead atoms. The van der Waals surface area contributed by atoms with Crippen molar-refractivity contribution in [2.24, 2.45) is 5.92 Å². The highest BCUT2D eigenvalue weighted by Gasteiger charge is 2.47. The molecule has 1 saturated heterocycles. The van der Waals surface area contributed by atoms with Crippen molar-refractivity contribution in [3.05, 3.63) is 41.5 Å². The average molecular weight is 586 g/mol. The second-order valence-electron chi connectivity index (χ2n) is 12.9. The molecule has 0 spiro atoms. The Labute approximate surface area is 249 Å². The third-order valence-electron chi connectivity index (χ3n) is 8.74. The summed E-state index contributed by atoms with van der Waals surface area (Å²) < 4.78 is 7.94. The summed E-state index contributed by atoms with van der Waals surface area (Å²) in [7, 11) is 6.51. The summed E-state index contributed by atoms with van der Waals surface area (Å²) in [4.78, 5) is 30.6. The Balaban J connectivity index is 1.56. The topological polar surface area (TPSA) is 115 Å². The third-order valence-corrected chi connectivity index (χ3v) is 8.74. The van der Waals surface area contributed by atoms with Crippen molar-refractivity contribution in [2.75, 3.05) is 60.5 Å². The van der Waals surface area contributed by atoms with E-state index < -0.39 is 17.9 Å². The van der Waals surface area contributed by atoms with Crippen LogP contribution in [0, 0.1) is 5.92 Å². The van der Waals surface area contributed by atoms with Crippen molar-refractivity contribution >= 4 is 11.9 Å². The molecule has 3 N–H and O–H groups in total. The number of quaternary nitrogens is 1. The molecule has 10 nitrogen and oxygen atoms in total. The first-order chi connectivity index (χ1) is 20.0. The van der Waals surface area contributed by atoms with Gasteiger partial charge in [-0.1, -0.05) is 25.5 Å². The highest BCUT2D eigenvalue weighted by atomic mass is 16.5. The first-order valence-corrected chi connectivity index (χ1v) is 15.4. The second kappa shape index (κ2) is 13.8. The van der Waals surface area contributed by atoms with Gasteiger partial charge in [0.2, 0.25) is 5.91 Å². The summed E-state index contributed by atoms with van der Waals surface area (Å²) in [6, 6.07) is 8.33. The number of ether oxygens (including phenoxy) is 1. The fraction of sp³-hybridized carbons (Fsp3) is 0.625. The lowest BCUT2D eigenvalue weighted by molar-refractivity contribution is -0.870. The zero-order valence-electron chi connectivity index (χ0n) is 25.7. The molecule has 232 valence electrons. The van der Waals surface area contributed by atoms with Crippen LogP contribution in [0.25, 0.3) is 0 Å². The van der Waals surface area contributed by atoms with E-state index in [1.54, 1.807) is 0 Å². The summed E-state index contributed by atoms with van der Waals surface area (Å²) in [5.41, 5.74) is 2.03. The largest absolute Gasteiger partial charge is 0.494 e. The minimum Gasteiger partial charge on any atom is -0.494 e. The zero-order chi connectivity index (χ0) is 30.4. The van der Waals surface area contributed by atoms with E-state index in [0.29, 0.717) is 32.7 Å². The van der Waals surface area contributed by atoms with Gasteiger partial charge in [0.1, 0.15) is 5.75 Å². The quantitative estimate of drug-likeness (QED) is 0.216. The molecule has 42 heavy (non-hydrogen) atoms. The first-order valence-electron chi connectivity index (χ1n) is 15.4. The Bertz CT molecular complexity index is 1200. The predicted octanol–water partition coefficient (Wildman–Crippen LogP) is 3.51. The van der Waals surface area contributed by atoms with Gasteiger partial charge < -0.3 is 29.4 Å². The van der Waals surface area contributed by atoms with Gasteiger partial charge in [0, 0.05) is 56.7 Å². The zero-order valence-corrected chi connectivity index (χ0v) is 25.7. The third kappa shape index (κ3) is 7.77. The molecule has 1 aromatic carbocycles. The fourth-order valence-electron chi connectivity index (χ4n) is 6.44. The molecule has 0 radical (unpaired) electrons. The number of carboxylic acid groups (broad SMARTS) is 1. The van der Waals surface area contributed by atoms with Gasteiger partial charge in [-0.2, -0.15) is 0 Å². The van der Waals surface area contributed by atoms with Crippen LogP contribution in [-0.2, 0) is 22.6 Å². The second-order valence-corrected chi connectivity index (χ2v) is 12.9. The van der Waals surface area contributed by atoms with Crippen LogP contribution in [0.15, 0.2) is 30.3 Å². The van der Waals surface area contributed by atoms with Gasteiger partial charge in [0.15, 0.2) is 11.8 Å². The smallest absolute Gasteiger partial charge is 0.308 e. The number of benzene rings is 1. The average Bonchev–Trinajstić information content (AvgIpc) is 3.63. The van der Waals surface area contributed by atoms with Crippen molar-refractivity contribution in [2.45, 2.75) is 64.0 Å². The molecule has 10 heteroatoms. The molecular formula is C32H49N4O6+. The lowest BCUT2D eigenvalue weighted by Crippen LogP contribution is -2.45. The number of nitrogens with zero attached hydrogens (tertiary/aromatic N) is 4. The minimum absolute atomic E-state index is 0.0255. The van der Waals surface area contributed by atoms with E-state index in [1.807, 2.05) is 21.9 Å². The van der Waals surface area contributed by atoms with E-state index >= 15 is 0 Å². The molecule has 2 aromatic rings. The van der Waals surface area contributed by atoms with Gasteiger partial charge in [-0.25, -0.2) is 0 Å². The van der Waals surface area contributed by atoms with Gasteiger partial charge in [0.05, 0.1) is 46.8 Å². The molecule has 4 rings (SSSR count). The van der Waals surface area contributed by atoms with E-state index in [0.717, 1.165) is 60.0 Å². The number of amides is 1. The van der Waals surface area contributed by atoms with Crippen LogP contribution in [0.2, 0.25) is 0 Å². The van der Waals surface area contributed by atoms with Crippen LogP contribution in [0.1, 0.15) is 56.1 Å². The van der Waals surface area contributed by atoms with E-state index in [2.05, 4.69) is 34.1 Å². The van der Waals surface area contributed by atoms with Gasteiger partial charge in [-0.3, -0.25) is 19.1 Å². The van der Waals surface area contributed by atoms with Crippen LogP contribution in [-0.4, -0.2) is 113 Å². The van der Waals surface area contributed by atoms with Gasteiger partial charge in [-0.15, -0.1) is 0 Å². The number of aromatic hydroxyl groups is 2. The Kier molecular flexibility index (Phi) is 10.4. The number of unbranched alkanes of at least 4 members (excludes halogenated alkanes) is 2. The Morgan fingerprint density at radius 3 is 2.43 bits per heavy atom. The van der Waals surface area contributed by atoms with E-state index in [1.165, 1.54) is 16.7 Å². The van der Waals surface area contributed by atoms with Crippen molar-refractivity contribution in [3.8, 4) is 17.5 Å². The van der Waals surface area contributed by atoms with Crippen LogP contribution >= 0.6 is 0 Å². The molecule has 3 atom stereocenters. The Morgan fingerprint density at radius 2 is 1.76 bits per heavy atom. The number of rotatable bonds is 15. The van der Waals surface area contributed by atoms with E-state index in [4.69, 9.17) is 4.74 Å². The molecule has 0 aliphatic carbocycles. The summed E-state index contributed by atoms with van der Waals surface area (Å²) in [5, 5.41) is 30.9. The van der Waals surface area contributed by atoms with Gasteiger partial charge in [0.25, 0.3) is 0 Å². The normalized spacial score (nSPS) is 20.4. The number of carboxylic acids is 1. The molecule has 1 unspecified atom stereocenters. The molecule has 1 fully saturated rings. The maximum absolute atomic E-state index is 13.8. The standard InChI is InChI=1S/C32H48N4O6/c1-5-6-15-33(16-7-8-18-36(2,3)4)30(39)22-34-21-25(23-9-10-27-24(20-23)14-19-42-27)31(32(40)41)26(34)13-17-35-28(37)11-12-29(35)38/h9-12,20,25-26,31H,5-8,13-19,21-22H2,1-4H3,(H2-,37,38,40,41)/p+1/t25-,26+,31?/m1/s1. The summed E-state index contributed by atoms with van der Waals surface area (Å²) in [5.74, 6) is -1.22. The van der Waals surface area contributed by atoms with Crippen LogP contribution in [0.4, 0.5) is 0 Å². The number of aliphatic carboxylic acids is 1. The number of aromatic nitrogens is 1. The van der Waals surface area contributed by atoms with Crippen LogP contribution < -0.4 is 4.74 Å². The SMILES string of the molecule is CCCCN(CCCC[N+](C)(C)C)C(=O)CN1C[C@H](c2ccc3c(c2)CCO3)C(C(=O)O)[C@@H]1CCn1c(O)ccc1O. The maximum atomic E-state index is 13.8. The molecular weight excluding hydrogens is 536 g/mol. The fourth-order valence-corrected chi connectivity index (χ4v) is 6.44. The van der Waals surface area contributed by atoms with Crippen molar-refractivity contribution < 1.29 is 34.1 Å². The van der Waals surface area contributed by atoms with Crippen LogP contribution in [0.5, 0.6) is 17.5 Å². The molecule has 2 aliphatic rings. The van der Waals surface area contributed by atoms with E-state index in [-0.39, 0.29) is 36.7 Å². The maximum Gasteiger partial charge on any atom is 0.308 e. The lowest BCUT2D eigenvalue weighted by atomic mass is 9.83. The number of hydrogen-bond acceptors (Lipinski definition) is 6. The highest BCUT2D eigenvalue weighted by molar-refractivity contribution is 5.79. The molecule has 3 heterocycles. The van der Waals surface area contributed by atoms with Crippen molar-refractivity contribution in [3.63, 3.8) is 0 Å². The summed E-state index contributed by atoms with van der Waals surface area (Å²) >= 11 is 0. The predicted molar refractivity (Wildman–Crippen MR) is 161 cm³/mol. The molecule has 1 amide bonds. The number of carbonyl (C=O) groups excluding carboxylic acids is 1. The van der Waals surface area contributed by atoms with Crippen LogP contribution in [0.3, 0.4) is 0 Å². The van der Waals surface area contributed by atoms with Gasteiger partial charge in [-0.05, 0) is 42.9 Å².